The molecule has 2 rings (SSSR count). The van der Waals surface area contributed by atoms with E-state index in [1.54, 1.807) is 13.2 Å². The number of aryl methyl sites for hydroxylation is 1. The summed E-state index contributed by atoms with van der Waals surface area (Å²) >= 11 is 12.0. The van der Waals surface area contributed by atoms with Crippen LogP contribution in [0.25, 0.3) is 0 Å². The van der Waals surface area contributed by atoms with E-state index in [4.69, 9.17) is 33.7 Å². The van der Waals surface area contributed by atoms with Crippen molar-refractivity contribution in [2.24, 2.45) is 5.73 Å². The van der Waals surface area contributed by atoms with Gasteiger partial charge >= 0.3 is 0 Å². The van der Waals surface area contributed by atoms with Gasteiger partial charge in [0.2, 0.25) is 0 Å². The lowest BCUT2D eigenvalue weighted by Crippen LogP contribution is -2.13. The molecule has 2 N–H and O–H groups in total. The molecule has 4 heteroatoms. The molecule has 0 aliphatic heterocycles. The lowest BCUT2D eigenvalue weighted by atomic mass is 9.95. The molecule has 0 bridgehead atoms. The van der Waals surface area contributed by atoms with Gasteiger partial charge in [-0.2, -0.15) is 0 Å². The molecule has 0 amide bonds. The van der Waals surface area contributed by atoms with E-state index in [2.05, 4.69) is 0 Å². The average molecular weight is 296 g/mol. The summed E-state index contributed by atoms with van der Waals surface area (Å²) in [6, 6.07) is 10.9. The van der Waals surface area contributed by atoms with Crippen molar-refractivity contribution in [1.29, 1.82) is 0 Å². The van der Waals surface area contributed by atoms with Crippen LogP contribution in [0.1, 0.15) is 22.7 Å². The Morgan fingerprint density at radius 3 is 2.21 bits per heavy atom. The summed E-state index contributed by atoms with van der Waals surface area (Å²) < 4.78 is 5.19. The Bertz CT molecular complexity index is 578. The van der Waals surface area contributed by atoms with E-state index in [1.807, 2.05) is 37.3 Å². The lowest BCUT2D eigenvalue weighted by Gasteiger charge is -2.16. The van der Waals surface area contributed by atoms with Crippen molar-refractivity contribution < 1.29 is 4.74 Å². The molecule has 2 nitrogen and oxygen atoms in total. The highest BCUT2D eigenvalue weighted by atomic mass is 35.5. The van der Waals surface area contributed by atoms with Crippen LogP contribution < -0.4 is 10.5 Å². The van der Waals surface area contributed by atoms with E-state index >= 15 is 0 Å². The van der Waals surface area contributed by atoms with Crippen molar-refractivity contribution in [2.75, 3.05) is 7.11 Å². The highest BCUT2D eigenvalue weighted by Crippen LogP contribution is 2.29. The first-order valence-electron chi connectivity index (χ1n) is 5.87. The van der Waals surface area contributed by atoms with Crippen LogP contribution >= 0.6 is 23.2 Å². The molecule has 19 heavy (non-hydrogen) atoms. The quantitative estimate of drug-likeness (QED) is 0.913. The van der Waals surface area contributed by atoms with Crippen LogP contribution in [0.3, 0.4) is 0 Å². The van der Waals surface area contributed by atoms with Crippen molar-refractivity contribution in [3.63, 3.8) is 0 Å². The van der Waals surface area contributed by atoms with Crippen molar-refractivity contribution in [1.82, 2.24) is 0 Å². The predicted molar refractivity (Wildman–Crippen MR) is 80.2 cm³/mol. The van der Waals surface area contributed by atoms with Gasteiger partial charge in [0.25, 0.3) is 0 Å². The zero-order chi connectivity index (χ0) is 14.0. The number of hydrogen-bond donors (Lipinski definition) is 1. The molecule has 0 radical (unpaired) electrons. The van der Waals surface area contributed by atoms with Gasteiger partial charge in [0.05, 0.1) is 13.2 Å². The lowest BCUT2D eigenvalue weighted by molar-refractivity contribution is 0.414. The van der Waals surface area contributed by atoms with Gasteiger partial charge in [-0.15, -0.1) is 0 Å². The van der Waals surface area contributed by atoms with E-state index in [0.29, 0.717) is 10.0 Å². The first-order valence-corrected chi connectivity index (χ1v) is 6.63. The first kappa shape index (κ1) is 14.2. The minimum atomic E-state index is -0.262. The molecule has 0 heterocycles. The first-order chi connectivity index (χ1) is 9.01. The standard InChI is InChI=1S/C15H15Cl2NO/c1-9-5-13(19-2)3-4-14(9)15(18)10-6-11(16)8-12(17)7-10/h3-8,15H,18H2,1-2H3. The molecule has 2 aromatic rings. The van der Waals surface area contributed by atoms with Gasteiger partial charge in [-0.05, 0) is 53.9 Å². The molecule has 0 saturated carbocycles. The summed E-state index contributed by atoms with van der Waals surface area (Å²) in [5, 5.41) is 1.17. The zero-order valence-electron chi connectivity index (χ0n) is 10.8. The van der Waals surface area contributed by atoms with Gasteiger partial charge in [0, 0.05) is 10.0 Å². The molecular formula is C15H15Cl2NO. The highest BCUT2D eigenvalue weighted by molar-refractivity contribution is 6.34. The van der Waals surface area contributed by atoms with Gasteiger partial charge in [-0.25, -0.2) is 0 Å². The second-order valence-electron chi connectivity index (χ2n) is 4.40. The van der Waals surface area contributed by atoms with Gasteiger partial charge in [-0.1, -0.05) is 29.3 Å². The summed E-state index contributed by atoms with van der Waals surface area (Å²) in [6.07, 6.45) is 0. The van der Waals surface area contributed by atoms with E-state index in [9.17, 15) is 0 Å². The van der Waals surface area contributed by atoms with Gasteiger partial charge in [0.15, 0.2) is 0 Å². The molecule has 2 aromatic carbocycles. The number of rotatable bonds is 3. The third kappa shape index (κ3) is 3.21. The number of hydrogen-bond acceptors (Lipinski definition) is 2. The molecule has 0 fully saturated rings. The monoisotopic (exact) mass is 295 g/mol. The largest absolute Gasteiger partial charge is 0.497 e. The maximum Gasteiger partial charge on any atom is 0.119 e. The summed E-state index contributed by atoms with van der Waals surface area (Å²) in [6.45, 7) is 2.00. The number of nitrogens with two attached hydrogens (primary N) is 1. The SMILES string of the molecule is COc1ccc(C(N)c2cc(Cl)cc(Cl)c2)c(C)c1. The Morgan fingerprint density at radius 2 is 1.68 bits per heavy atom. The molecule has 100 valence electrons. The molecule has 0 aromatic heterocycles. The molecule has 0 aliphatic rings. The zero-order valence-corrected chi connectivity index (χ0v) is 12.3. The fraction of sp³-hybridized carbons (Fsp3) is 0.200. The summed E-state index contributed by atoms with van der Waals surface area (Å²) in [5.41, 5.74) is 9.28. The summed E-state index contributed by atoms with van der Waals surface area (Å²) in [5.74, 6) is 0.817. The maximum absolute atomic E-state index is 6.29. The van der Waals surface area contributed by atoms with Crippen LogP contribution in [0.5, 0.6) is 5.75 Å². The average Bonchev–Trinajstić information content (AvgIpc) is 2.36. The topological polar surface area (TPSA) is 35.2 Å². The van der Waals surface area contributed by atoms with Crippen LogP contribution in [0.2, 0.25) is 10.0 Å². The van der Waals surface area contributed by atoms with Crippen LogP contribution in [0.4, 0.5) is 0 Å². The maximum atomic E-state index is 6.29. The Kier molecular flexibility index (Phi) is 4.35. The smallest absolute Gasteiger partial charge is 0.119 e. The number of methoxy groups -OCH3 is 1. The fourth-order valence-electron chi connectivity index (χ4n) is 2.06. The Morgan fingerprint density at radius 1 is 1.05 bits per heavy atom. The summed E-state index contributed by atoms with van der Waals surface area (Å²) in [4.78, 5) is 0. The predicted octanol–water partition coefficient (Wildman–Crippen LogP) is 4.36. The molecule has 0 saturated heterocycles. The summed E-state index contributed by atoms with van der Waals surface area (Å²) in [7, 11) is 1.64. The second-order valence-corrected chi connectivity index (χ2v) is 5.28. The van der Waals surface area contributed by atoms with Gasteiger partial charge in [-0.3, -0.25) is 0 Å². The van der Waals surface area contributed by atoms with E-state index < -0.39 is 0 Å². The van der Waals surface area contributed by atoms with Crippen molar-refractivity contribution in [3.05, 3.63) is 63.1 Å². The third-order valence-corrected chi connectivity index (χ3v) is 3.49. The normalized spacial score (nSPS) is 12.3. The minimum absolute atomic E-state index is 0.262. The van der Waals surface area contributed by atoms with Gasteiger partial charge < -0.3 is 10.5 Å². The van der Waals surface area contributed by atoms with Gasteiger partial charge in [0.1, 0.15) is 5.75 Å². The number of ether oxygens (including phenoxy) is 1. The fourth-order valence-corrected chi connectivity index (χ4v) is 2.60. The highest BCUT2D eigenvalue weighted by Gasteiger charge is 2.13. The minimum Gasteiger partial charge on any atom is -0.497 e. The number of benzene rings is 2. The van der Waals surface area contributed by atoms with E-state index in [1.165, 1.54) is 0 Å². The van der Waals surface area contributed by atoms with Crippen molar-refractivity contribution in [2.45, 2.75) is 13.0 Å². The third-order valence-electron chi connectivity index (χ3n) is 3.06. The van der Waals surface area contributed by atoms with E-state index in [0.717, 1.165) is 22.4 Å². The van der Waals surface area contributed by atoms with E-state index in [-0.39, 0.29) is 6.04 Å². The second kappa shape index (κ2) is 5.83. The number of halogens is 2. The van der Waals surface area contributed by atoms with Crippen LogP contribution in [0, 0.1) is 6.92 Å². The molecule has 1 atom stereocenters. The van der Waals surface area contributed by atoms with Crippen molar-refractivity contribution in [3.8, 4) is 5.75 Å². The molecular weight excluding hydrogens is 281 g/mol. The Balaban J connectivity index is 2.40. The Labute approximate surface area is 123 Å². The van der Waals surface area contributed by atoms with Crippen molar-refractivity contribution >= 4 is 23.2 Å². The van der Waals surface area contributed by atoms with Crippen LogP contribution in [-0.2, 0) is 0 Å². The van der Waals surface area contributed by atoms with Crippen LogP contribution in [-0.4, -0.2) is 7.11 Å². The van der Waals surface area contributed by atoms with Crippen LogP contribution in [0.15, 0.2) is 36.4 Å². The molecule has 0 spiro atoms. The Hall–Kier alpha value is -1.22. The molecule has 0 aliphatic carbocycles. The molecule has 1 unspecified atom stereocenters.